The molecule has 29 heavy (non-hydrogen) atoms. The third-order valence-corrected chi connectivity index (χ3v) is 5.10. The fourth-order valence-corrected chi connectivity index (χ4v) is 3.58. The second-order valence-corrected chi connectivity index (χ2v) is 7.07. The van der Waals surface area contributed by atoms with E-state index in [1.807, 2.05) is 49.4 Å². The molecule has 0 saturated carbocycles. The van der Waals surface area contributed by atoms with Crippen LogP contribution >= 0.6 is 11.6 Å². The Hall–Kier alpha value is -2.28. The second kappa shape index (κ2) is 11.0. The van der Waals surface area contributed by atoms with Crippen molar-refractivity contribution in [2.24, 2.45) is 0 Å². The van der Waals surface area contributed by atoms with Crippen LogP contribution in [0.1, 0.15) is 18.5 Å². The molecule has 1 amide bonds. The van der Waals surface area contributed by atoms with Gasteiger partial charge in [-0.2, -0.15) is 0 Å². The highest BCUT2D eigenvalue weighted by molar-refractivity contribution is 6.31. The molecule has 6 nitrogen and oxygen atoms in total. The minimum absolute atomic E-state index is 0.0211. The number of nitrogens with one attached hydrogen (secondary N) is 1. The summed E-state index contributed by atoms with van der Waals surface area (Å²) in [4.78, 5) is 14.7. The van der Waals surface area contributed by atoms with Gasteiger partial charge in [0, 0.05) is 24.7 Å². The van der Waals surface area contributed by atoms with E-state index in [2.05, 4.69) is 10.2 Å². The SMILES string of the molecule is CCOc1ccccc1OCC(=O)NCC(c1ccccc1Cl)N1CCOCC1. The Morgan fingerprint density at radius 1 is 1.10 bits per heavy atom. The summed E-state index contributed by atoms with van der Waals surface area (Å²) in [5.41, 5.74) is 0.999. The normalized spacial score (nSPS) is 15.5. The summed E-state index contributed by atoms with van der Waals surface area (Å²) in [5.74, 6) is 0.993. The molecule has 1 heterocycles. The van der Waals surface area contributed by atoms with Crippen LogP contribution in [0.4, 0.5) is 0 Å². The molecule has 3 rings (SSSR count). The van der Waals surface area contributed by atoms with Gasteiger partial charge in [-0.25, -0.2) is 0 Å². The maximum atomic E-state index is 12.4. The van der Waals surface area contributed by atoms with Gasteiger partial charge in [0.1, 0.15) is 0 Å². The van der Waals surface area contributed by atoms with Gasteiger partial charge in [-0.05, 0) is 30.7 Å². The predicted octanol–water partition coefficient (Wildman–Crippen LogP) is 3.31. The quantitative estimate of drug-likeness (QED) is 0.677. The monoisotopic (exact) mass is 418 g/mol. The van der Waals surface area contributed by atoms with Crippen molar-refractivity contribution < 1.29 is 19.0 Å². The molecule has 1 aliphatic rings. The van der Waals surface area contributed by atoms with Crippen molar-refractivity contribution in [3.63, 3.8) is 0 Å². The summed E-state index contributed by atoms with van der Waals surface area (Å²) >= 11 is 6.43. The number of hydrogen-bond acceptors (Lipinski definition) is 5. The predicted molar refractivity (Wildman–Crippen MR) is 113 cm³/mol. The van der Waals surface area contributed by atoms with Gasteiger partial charge in [-0.15, -0.1) is 0 Å². The van der Waals surface area contributed by atoms with Gasteiger partial charge in [0.15, 0.2) is 18.1 Å². The van der Waals surface area contributed by atoms with E-state index in [1.54, 1.807) is 6.07 Å². The van der Waals surface area contributed by atoms with Crippen molar-refractivity contribution in [1.82, 2.24) is 10.2 Å². The molecule has 0 aromatic heterocycles. The fourth-order valence-electron chi connectivity index (χ4n) is 3.32. The average molecular weight is 419 g/mol. The molecule has 156 valence electrons. The average Bonchev–Trinajstić information content (AvgIpc) is 2.75. The number of hydrogen-bond donors (Lipinski definition) is 1. The molecule has 1 fully saturated rings. The molecule has 0 radical (unpaired) electrons. The molecule has 2 aromatic carbocycles. The zero-order valence-corrected chi connectivity index (χ0v) is 17.4. The van der Waals surface area contributed by atoms with Crippen molar-refractivity contribution in [3.05, 3.63) is 59.1 Å². The highest BCUT2D eigenvalue weighted by Gasteiger charge is 2.25. The summed E-state index contributed by atoms with van der Waals surface area (Å²) in [6.07, 6.45) is 0. The smallest absolute Gasteiger partial charge is 0.258 e. The minimum atomic E-state index is -0.193. The highest BCUT2D eigenvalue weighted by Crippen LogP contribution is 2.28. The molecule has 1 atom stereocenters. The number of halogens is 1. The molecule has 1 N–H and O–H groups in total. The first kappa shape index (κ1) is 21.4. The fraction of sp³-hybridized carbons (Fsp3) is 0.409. The molecule has 7 heteroatoms. The van der Waals surface area contributed by atoms with Crippen LogP contribution in [-0.2, 0) is 9.53 Å². The number of amides is 1. The third kappa shape index (κ3) is 6.10. The lowest BCUT2D eigenvalue weighted by Crippen LogP contribution is -2.44. The number of benzene rings is 2. The zero-order chi connectivity index (χ0) is 20.5. The highest BCUT2D eigenvalue weighted by atomic mass is 35.5. The van der Waals surface area contributed by atoms with Gasteiger partial charge in [0.05, 0.1) is 25.9 Å². The Morgan fingerprint density at radius 3 is 2.45 bits per heavy atom. The van der Waals surface area contributed by atoms with E-state index in [1.165, 1.54) is 0 Å². The van der Waals surface area contributed by atoms with Crippen molar-refractivity contribution in [1.29, 1.82) is 0 Å². The van der Waals surface area contributed by atoms with Crippen LogP contribution in [0.25, 0.3) is 0 Å². The lowest BCUT2D eigenvalue weighted by molar-refractivity contribution is -0.123. The van der Waals surface area contributed by atoms with Crippen LogP contribution in [0.15, 0.2) is 48.5 Å². The van der Waals surface area contributed by atoms with E-state index in [0.717, 1.165) is 18.7 Å². The number of ether oxygens (including phenoxy) is 3. The Morgan fingerprint density at radius 2 is 1.76 bits per heavy atom. The molecule has 2 aromatic rings. The zero-order valence-electron chi connectivity index (χ0n) is 16.6. The van der Waals surface area contributed by atoms with Crippen LogP contribution in [0.5, 0.6) is 11.5 Å². The number of carbonyl (C=O) groups excluding carboxylic acids is 1. The van der Waals surface area contributed by atoms with Crippen molar-refractivity contribution in [3.8, 4) is 11.5 Å². The molecule has 1 unspecified atom stereocenters. The lowest BCUT2D eigenvalue weighted by atomic mass is 10.0. The Bertz CT molecular complexity index is 796. The summed E-state index contributed by atoms with van der Waals surface area (Å²) in [6, 6.07) is 15.1. The van der Waals surface area contributed by atoms with Crippen molar-refractivity contribution in [2.75, 3.05) is 46.1 Å². The molecular formula is C22H27ClN2O4. The molecule has 1 saturated heterocycles. The maximum Gasteiger partial charge on any atom is 0.258 e. The topological polar surface area (TPSA) is 60.0 Å². The Labute approximate surface area is 176 Å². The first-order chi connectivity index (χ1) is 14.2. The van der Waals surface area contributed by atoms with E-state index >= 15 is 0 Å². The first-order valence-corrected chi connectivity index (χ1v) is 10.2. The summed E-state index contributed by atoms with van der Waals surface area (Å²) in [5, 5.41) is 3.68. The van der Waals surface area contributed by atoms with Crippen molar-refractivity contribution in [2.45, 2.75) is 13.0 Å². The van der Waals surface area contributed by atoms with Crippen LogP contribution in [0.3, 0.4) is 0 Å². The van der Waals surface area contributed by atoms with Gasteiger partial charge < -0.3 is 19.5 Å². The third-order valence-electron chi connectivity index (χ3n) is 4.75. The van der Waals surface area contributed by atoms with E-state index in [-0.39, 0.29) is 18.6 Å². The molecule has 0 aliphatic carbocycles. The van der Waals surface area contributed by atoms with Gasteiger partial charge >= 0.3 is 0 Å². The lowest BCUT2D eigenvalue weighted by Gasteiger charge is -2.35. The number of morpholine rings is 1. The van der Waals surface area contributed by atoms with Crippen molar-refractivity contribution >= 4 is 17.5 Å². The van der Waals surface area contributed by atoms with Crippen LogP contribution in [0.2, 0.25) is 5.02 Å². The van der Waals surface area contributed by atoms with Crippen LogP contribution < -0.4 is 14.8 Å². The Kier molecular flexibility index (Phi) is 8.16. The largest absolute Gasteiger partial charge is 0.490 e. The number of carbonyl (C=O) groups is 1. The maximum absolute atomic E-state index is 12.4. The number of rotatable bonds is 9. The molecule has 0 bridgehead atoms. The Balaban J connectivity index is 1.60. The summed E-state index contributed by atoms with van der Waals surface area (Å²) in [6.45, 7) is 5.74. The van der Waals surface area contributed by atoms with Gasteiger partial charge in [0.25, 0.3) is 5.91 Å². The first-order valence-electron chi connectivity index (χ1n) is 9.86. The summed E-state index contributed by atoms with van der Waals surface area (Å²) < 4.78 is 16.7. The second-order valence-electron chi connectivity index (χ2n) is 6.66. The molecule has 0 spiro atoms. The number of para-hydroxylation sites is 2. The van der Waals surface area contributed by atoms with Gasteiger partial charge in [-0.3, -0.25) is 9.69 Å². The van der Waals surface area contributed by atoms with E-state index in [9.17, 15) is 4.79 Å². The molecular weight excluding hydrogens is 392 g/mol. The van der Waals surface area contributed by atoms with Crippen LogP contribution in [-0.4, -0.2) is 56.9 Å². The number of nitrogens with zero attached hydrogens (tertiary/aromatic N) is 1. The minimum Gasteiger partial charge on any atom is -0.490 e. The van der Waals surface area contributed by atoms with E-state index < -0.39 is 0 Å². The summed E-state index contributed by atoms with van der Waals surface area (Å²) in [7, 11) is 0. The van der Waals surface area contributed by atoms with E-state index in [0.29, 0.717) is 42.9 Å². The standard InChI is InChI=1S/C22H27ClN2O4/c1-2-28-20-9-5-6-10-21(20)29-16-22(26)24-15-19(25-11-13-27-14-12-25)17-7-3-4-8-18(17)23/h3-10,19H,2,11-16H2,1H3,(H,24,26). The van der Waals surface area contributed by atoms with Crippen LogP contribution in [0, 0.1) is 0 Å². The molecule has 1 aliphatic heterocycles. The van der Waals surface area contributed by atoms with E-state index in [4.69, 9.17) is 25.8 Å². The van der Waals surface area contributed by atoms with Gasteiger partial charge in [0.2, 0.25) is 0 Å². The van der Waals surface area contributed by atoms with Gasteiger partial charge in [-0.1, -0.05) is 41.9 Å².